The Morgan fingerprint density at radius 1 is 1.47 bits per heavy atom. The molecule has 0 spiro atoms. The summed E-state index contributed by atoms with van der Waals surface area (Å²) in [5.41, 5.74) is 0.463. The number of hydrogen-bond acceptors (Lipinski definition) is 5. The average molecular weight is 260 g/mol. The van der Waals surface area contributed by atoms with Crippen LogP contribution in [0.1, 0.15) is 12.6 Å². The van der Waals surface area contributed by atoms with Crippen LogP contribution in [0.2, 0.25) is 0 Å². The number of esters is 1. The largest absolute Gasteiger partial charge is 0.466 e. The van der Waals surface area contributed by atoms with Crippen molar-refractivity contribution in [2.75, 3.05) is 6.61 Å². The molecule has 98 valence electrons. The molecular weight excluding hydrogens is 248 g/mol. The second-order valence-corrected chi connectivity index (χ2v) is 3.91. The van der Waals surface area contributed by atoms with E-state index in [1.54, 1.807) is 25.1 Å². The van der Waals surface area contributed by atoms with Crippen LogP contribution in [0.25, 0.3) is 10.8 Å². The molecule has 0 saturated carbocycles. The van der Waals surface area contributed by atoms with Crippen LogP contribution in [-0.4, -0.2) is 22.5 Å². The van der Waals surface area contributed by atoms with E-state index in [0.717, 1.165) is 0 Å². The third kappa shape index (κ3) is 2.85. The number of carbonyl (C=O) groups is 1. The maximum atomic E-state index is 11.4. The van der Waals surface area contributed by atoms with Crippen LogP contribution in [0.3, 0.4) is 0 Å². The minimum atomic E-state index is -0.448. The molecule has 0 atom stereocenters. The van der Waals surface area contributed by atoms with Gasteiger partial charge in [-0.3, -0.25) is 19.9 Å². The summed E-state index contributed by atoms with van der Waals surface area (Å²) in [6.07, 6.45) is 1.53. The van der Waals surface area contributed by atoms with Gasteiger partial charge in [0.15, 0.2) is 0 Å². The maximum absolute atomic E-state index is 11.4. The number of fused-ring (bicyclic) bond motifs is 1. The number of pyridine rings is 1. The van der Waals surface area contributed by atoms with Gasteiger partial charge in [0.25, 0.3) is 5.69 Å². The molecule has 6 nitrogen and oxygen atoms in total. The van der Waals surface area contributed by atoms with Gasteiger partial charge in [-0.05, 0) is 13.0 Å². The van der Waals surface area contributed by atoms with Crippen molar-refractivity contribution >= 4 is 22.4 Å². The first kappa shape index (κ1) is 12.9. The zero-order chi connectivity index (χ0) is 13.8. The third-order valence-corrected chi connectivity index (χ3v) is 2.62. The van der Waals surface area contributed by atoms with Crippen molar-refractivity contribution in [2.45, 2.75) is 13.3 Å². The Morgan fingerprint density at radius 2 is 2.26 bits per heavy atom. The number of non-ortho nitro benzene ring substituents is 1. The molecule has 0 aliphatic heterocycles. The van der Waals surface area contributed by atoms with Crippen molar-refractivity contribution in [1.29, 1.82) is 0 Å². The molecule has 1 heterocycles. The van der Waals surface area contributed by atoms with Crippen LogP contribution in [0.5, 0.6) is 0 Å². The summed E-state index contributed by atoms with van der Waals surface area (Å²) in [6.45, 7) is 2.02. The third-order valence-electron chi connectivity index (χ3n) is 2.62. The first-order valence-corrected chi connectivity index (χ1v) is 5.79. The molecule has 2 aromatic rings. The molecule has 19 heavy (non-hydrogen) atoms. The highest BCUT2D eigenvalue weighted by molar-refractivity contribution is 5.90. The zero-order valence-electron chi connectivity index (χ0n) is 10.3. The van der Waals surface area contributed by atoms with Crippen LogP contribution in [0.4, 0.5) is 5.69 Å². The lowest BCUT2D eigenvalue weighted by atomic mass is 10.1. The molecular formula is C13H12N2O4. The lowest BCUT2D eigenvalue weighted by Crippen LogP contribution is -2.08. The fraction of sp³-hybridized carbons (Fsp3) is 0.231. The minimum Gasteiger partial charge on any atom is -0.466 e. The highest BCUT2D eigenvalue weighted by atomic mass is 16.6. The minimum absolute atomic E-state index is 0.00464. The molecule has 0 N–H and O–H groups in total. The summed E-state index contributed by atoms with van der Waals surface area (Å²) in [7, 11) is 0. The second-order valence-electron chi connectivity index (χ2n) is 3.91. The lowest BCUT2D eigenvalue weighted by Gasteiger charge is -2.03. The van der Waals surface area contributed by atoms with E-state index in [1.807, 2.05) is 0 Å². The highest BCUT2D eigenvalue weighted by Gasteiger charge is 2.13. The summed E-state index contributed by atoms with van der Waals surface area (Å²) in [5.74, 6) is -0.395. The topological polar surface area (TPSA) is 82.3 Å². The predicted molar refractivity (Wildman–Crippen MR) is 68.7 cm³/mol. The number of carbonyl (C=O) groups excluding carboxylic acids is 1. The quantitative estimate of drug-likeness (QED) is 0.478. The normalized spacial score (nSPS) is 10.4. The molecule has 0 bridgehead atoms. The summed E-state index contributed by atoms with van der Waals surface area (Å²) >= 11 is 0. The smallest absolute Gasteiger partial charge is 0.311 e. The van der Waals surface area contributed by atoms with Crippen LogP contribution >= 0.6 is 0 Å². The van der Waals surface area contributed by atoms with Crippen molar-refractivity contribution in [3.05, 3.63) is 46.3 Å². The molecule has 0 radical (unpaired) electrons. The highest BCUT2D eigenvalue weighted by Crippen LogP contribution is 2.25. The van der Waals surface area contributed by atoms with Crippen LogP contribution in [0, 0.1) is 10.1 Å². The maximum Gasteiger partial charge on any atom is 0.311 e. The van der Waals surface area contributed by atoms with Gasteiger partial charge in [0, 0.05) is 17.6 Å². The Bertz CT molecular complexity index is 640. The Balaban J connectivity index is 2.41. The van der Waals surface area contributed by atoms with Crippen molar-refractivity contribution in [3.8, 4) is 0 Å². The molecule has 1 aromatic carbocycles. The average Bonchev–Trinajstić information content (AvgIpc) is 2.38. The first-order chi connectivity index (χ1) is 9.11. The van der Waals surface area contributed by atoms with E-state index in [1.165, 1.54) is 12.3 Å². The van der Waals surface area contributed by atoms with Gasteiger partial charge in [-0.25, -0.2) is 0 Å². The molecule has 6 heteroatoms. The number of nitro benzene ring substituents is 1. The molecule has 0 amide bonds. The SMILES string of the molecule is CCOC(=O)Cc1cc2c([N+](=O)[O-])cccc2cn1. The van der Waals surface area contributed by atoms with Crippen LogP contribution in [0.15, 0.2) is 30.5 Å². The molecule has 1 aromatic heterocycles. The van der Waals surface area contributed by atoms with Gasteiger partial charge in [-0.15, -0.1) is 0 Å². The van der Waals surface area contributed by atoms with Crippen molar-refractivity contribution in [3.63, 3.8) is 0 Å². The van der Waals surface area contributed by atoms with Gasteiger partial charge in [0.2, 0.25) is 0 Å². The monoisotopic (exact) mass is 260 g/mol. The number of aromatic nitrogens is 1. The van der Waals surface area contributed by atoms with E-state index in [0.29, 0.717) is 23.1 Å². The van der Waals surface area contributed by atoms with Gasteiger partial charge in [-0.1, -0.05) is 12.1 Å². The van der Waals surface area contributed by atoms with Gasteiger partial charge >= 0.3 is 5.97 Å². The molecule has 2 rings (SSSR count). The van der Waals surface area contributed by atoms with Crippen molar-refractivity contribution < 1.29 is 14.5 Å². The molecule has 0 aliphatic rings. The van der Waals surface area contributed by atoms with Crippen molar-refractivity contribution in [2.24, 2.45) is 0 Å². The summed E-state index contributed by atoms with van der Waals surface area (Å²) in [4.78, 5) is 26.0. The van der Waals surface area contributed by atoms with Gasteiger partial charge in [-0.2, -0.15) is 0 Å². The fourth-order valence-electron chi connectivity index (χ4n) is 1.81. The standard InChI is InChI=1S/C13H12N2O4/c1-2-19-13(16)7-10-6-11-9(8-14-10)4-3-5-12(11)15(17)18/h3-6,8H,2,7H2,1H3. The summed E-state index contributed by atoms with van der Waals surface area (Å²) < 4.78 is 4.82. The van der Waals surface area contributed by atoms with E-state index >= 15 is 0 Å². The van der Waals surface area contributed by atoms with Gasteiger partial charge in [0.1, 0.15) is 0 Å². The van der Waals surface area contributed by atoms with Crippen molar-refractivity contribution in [1.82, 2.24) is 4.98 Å². The molecule has 0 aliphatic carbocycles. The van der Waals surface area contributed by atoms with Crippen LogP contribution < -0.4 is 0 Å². The zero-order valence-corrected chi connectivity index (χ0v) is 10.3. The van der Waals surface area contributed by atoms with E-state index < -0.39 is 10.9 Å². The number of ether oxygens (including phenoxy) is 1. The lowest BCUT2D eigenvalue weighted by molar-refractivity contribution is -0.383. The second kappa shape index (κ2) is 5.43. The Morgan fingerprint density at radius 3 is 2.95 bits per heavy atom. The number of hydrogen-bond donors (Lipinski definition) is 0. The van der Waals surface area contributed by atoms with E-state index in [2.05, 4.69) is 4.98 Å². The summed E-state index contributed by atoms with van der Waals surface area (Å²) in [6, 6.07) is 6.33. The first-order valence-electron chi connectivity index (χ1n) is 5.79. The number of nitrogens with zero attached hydrogens (tertiary/aromatic N) is 2. The Kier molecular flexibility index (Phi) is 3.70. The number of benzene rings is 1. The van der Waals surface area contributed by atoms with Gasteiger partial charge < -0.3 is 4.74 Å². The Labute approximate surface area is 109 Å². The molecule has 0 saturated heterocycles. The fourth-order valence-corrected chi connectivity index (χ4v) is 1.81. The number of nitro groups is 1. The number of rotatable bonds is 4. The molecule has 0 unspecified atom stereocenters. The summed E-state index contributed by atoms with van der Waals surface area (Å²) in [5, 5.41) is 12.1. The predicted octanol–water partition coefficient (Wildman–Crippen LogP) is 2.25. The van der Waals surface area contributed by atoms with E-state index in [4.69, 9.17) is 4.74 Å². The van der Waals surface area contributed by atoms with Gasteiger partial charge in [0.05, 0.1) is 29.0 Å². The van der Waals surface area contributed by atoms with E-state index in [9.17, 15) is 14.9 Å². The van der Waals surface area contributed by atoms with Crippen LogP contribution in [-0.2, 0) is 16.0 Å². The van der Waals surface area contributed by atoms with E-state index in [-0.39, 0.29) is 12.1 Å². The Hall–Kier alpha value is -2.50. The molecule has 0 fully saturated rings.